The van der Waals surface area contributed by atoms with Gasteiger partial charge in [-0.05, 0) is 29.3 Å². The van der Waals surface area contributed by atoms with Crippen LogP contribution in [0.2, 0.25) is 0 Å². The van der Waals surface area contributed by atoms with Crippen molar-refractivity contribution in [2.75, 3.05) is 0 Å². The van der Waals surface area contributed by atoms with Crippen LogP contribution in [0.25, 0.3) is 22.4 Å². The van der Waals surface area contributed by atoms with Crippen LogP contribution < -0.4 is 5.59 Å². The molecule has 0 amide bonds. The zero-order valence-electron chi connectivity index (χ0n) is 11.3. The van der Waals surface area contributed by atoms with Crippen molar-refractivity contribution in [2.45, 2.75) is 0 Å². The first-order valence-corrected chi connectivity index (χ1v) is 6.73. The van der Waals surface area contributed by atoms with Gasteiger partial charge in [0.15, 0.2) is 0 Å². The summed E-state index contributed by atoms with van der Waals surface area (Å²) in [6, 6.07) is 23.4. The van der Waals surface area contributed by atoms with Crippen molar-refractivity contribution in [1.82, 2.24) is 4.98 Å². The molecule has 0 saturated carbocycles. The third-order valence-corrected chi connectivity index (χ3v) is 3.30. The van der Waals surface area contributed by atoms with Crippen LogP contribution in [0.3, 0.4) is 0 Å². The van der Waals surface area contributed by atoms with Crippen molar-refractivity contribution < 1.29 is 10.0 Å². The lowest BCUT2D eigenvalue weighted by atomic mass is 9.85. The number of benzene rings is 2. The molecule has 102 valence electrons. The van der Waals surface area contributed by atoms with Gasteiger partial charge in [-0.15, -0.1) is 0 Å². The molecule has 4 heteroatoms. The summed E-state index contributed by atoms with van der Waals surface area (Å²) in [5.41, 5.74) is 4.15. The molecule has 3 nitrogen and oxygen atoms in total. The summed E-state index contributed by atoms with van der Waals surface area (Å²) >= 11 is 0. The van der Waals surface area contributed by atoms with E-state index in [1.807, 2.05) is 48.5 Å². The van der Waals surface area contributed by atoms with E-state index in [-0.39, 0.29) is 5.59 Å². The van der Waals surface area contributed by atoms with Crippen molar-refractivity contribution in [2.24, 2.45) is 0 Å². The van der Waals surface area contributed by atoms with Crippen molar-refractivity contribution >= 4 is 12.7 Å². The molecule has 0 atom stereocenters. The Kier molecular flexibility index (Phi) is 3.82. The molecule has 0 bridgehead atoms. The van der Waals surface area contributed by atoms with Gasteiger partial charge in [0.05, 0.1) is 11.3 Å². The van der Waals surface area contributed by atoms with Gasteiger partial charge in [-0.2, -0.15) is 0 Å². The molecule has 0 aliphatic rings. The lowest BCUT2D eigenvalue weighted by Gasteiger charge is -2.07. The SMILES string of the molecule is OB(O)c1cccc(-c2cccc(-c3ccccc3)c2)n1. The molecule has 1 heterocycles. The quantitative estimate of drug-likeness (QED) is 0.720. The zero-order chi connectivity index (χ0) is 14.7. The van der Waals surface area contributed by atoms with Gasteiger partial charge in [-0.3, -0.25) is 4.98 Å². The molecule has 21 heavy (non-hydrogen) atoms. The highest BCUT2D eigenvalue weighted by atomic mass is 16.4. The van der Waals surface area contributed by atoms with Crippen LogP contribution in [0.1, 0.15) is 0 Å². The summed E-state index contributed by atoms with van der Waals surface area (Å²) in [7, 11) is -1.55. The van der Waals surface area contributed by atoms with Crippen LogP contribution in [-0.4, -0.2) is 22.2 Å². The standard InChI is InChI=1S/C17H14BNO2/c20-18(21)17-11-5-10-16(19-17)15-9-4-8-14(12-15)13-6-2-1-3-7-13/h1-12,20-21H. The van der Waals surface area contributed by atoms with Crippen molar-refractivity contribution in [1.29, 1.82) is 0 Å². The maximum atomic E-state index is 9.22. The van der Waals surface area contributed by atoms with Gasteiger partial charge >= 0.3 is 7.12 Å². The maximum Gasteiger partial charge on any atom is 0.508 e. The fraction of sp³-hybridized carbons (Fsp3) is 0. The molecular formula is C17H14BNO2. The van der Waals surface area contributed by atoms with E-state index in [1.54, 1.807) is 12.1 Å². The van der Waals surface area contributed by atoms with Crippen LogP contribution in [0.4, 0.5) is 0 Å². The van der Waals surface area contributed by atoms with E-state index in [0.29, 0.717) is 0 Å². The molecule has 0 radical (unpaired) electrons. The van der Waals surface area contributed by atoms with Crippen molar-refractivity contribution in [3.05, 3.63) is 72.8 Å². The Morgan fingerprint density at radius 1 is 0.667 bits per heavy atom. The fourth-order valence-electron chi connectivity index (χ4n) is 2.24. The summed E-state index contributed by atoms with van der Waals surface area (Å²) in [6.45, 7) is 0. The summed E-state index contributed by atoms with van der Waals surface area (Å²) in [5.74, 6) is 0. The van der Waals surface area contributed by atoms with Crippen LogP contribution in [-0.2, 0) is 0 Å². The third-order valence-electron chi connectivity index (χ3n) is 3.30. The average molecular weight is 275 g/mol. The minimum absolute atomic E-state index is 0.248. The largest absolute Gasteiger partial charge is 0.508 e. The highest BCUT2D eigenvalue weighted by Gasteiger charge is 2.13. The Balaban J connectivity index is 2.02. The highest BCUT2D eigenvalue weighted by molar-refractivity contribution is 6.57. The normalized spacial score (nSPS) is 10.4. The third kappa shape index (κ3) is 3.02. The van der Waals surface area contributed by atoms with Gasteiger partial charge in [0.25, 0.3) is 0 Å². The van der Waals surface area contributed by atoms with E-state index in [2.05, 4.69) is 17.1 Å². The van der Waals surface area contributed by atoms with Gasteiger partial charge in [-0.25, -0.2) is 0 Å². The summed E-state index contributed by atoms with van der Waals surface area (Å²) < 4.78 is 0. The fourth-order valence-corrected chi connectivity index (χ4v) is 2.24. The predicted molar refractivity (Wildman–Crippen MR) is 84.9 cm³/mol. The minimum atomic E-state index is -1.55. The second kappa shape index (κ2) is 5.91. The van der Waals surface area contributed by atoms with Crippen LogP contribution in [0.5, 0.6) is 0 Å². The molecule has 0 spiro atoms. The van der Waals surface area contributed by atoms with Gasteiger partial charge in [0.2, 0.25) is 0 Å². The van der Waals surface area contributed by atoms with Gasteiger partial charge in [0.1, 0.15) is 0 Å². The number of hydrogen-bond acceptors (Lipinski definition) is 3. The monoisotopic (exact) mass is 275 g/mol. The number of nitrogens with zero attached hydrogens (tertiary/aromatic N) is 1. The van der Waals surface area contributed by atoms with E-state index >= 15 is 0 Å². The molecule has 2 N–H and O–H groups in total. The lowest BCUT2D eigenvalue weighted by molar-refractivity contribution is 0.424. The van der Waals surface area contributed by atoms with Crippen LogP contribution in [0, 0.1) is 0 Å². The summed E-state index contributed by atoms with van der Waals surface area (Å²) in [6.07, 6.45) is 0. The van der Waals surface area contributed by atoms with Gasteiger partial charge < -0.3 is 10.0 Å². The van der Waals surface area contributed by atoms with Gasteiger partial charge in [-0.1, -0.05) is 54.6 Å². The minimum Gasteiger partial charge on any atom is -0.422 e. The molecule has 0 saturated heterocycles. The van der Waals surface area contributed by atoms with E-state index in [4.69, 9.17) is 0 Å². The molecule has 3 rings (SSSR count). The summed E-state index contributed by atoms with van der Waals surface area (Å²) in [5, 5.41) is 18.4. The predicted octanol–water partition coefficient (Wildman–Crippen LogP) is 2.10. The second-order valence-corrected chi connectivity index (χ2v) is 4.77. The Labute approximate surface area is 123 Å². The first-order valence-electron chi connectivity index (χ1n) is 6.73. The highest BCUT2D eigenvalue weighted by Crippen LogP contribution is 2.24. The Hall–Kier alpha value is -2.43. The Morgan fingerprint density at radius 2 is 1.33 bits per heavy atom. The van der Waals surface area contributed by atoms with E-state index in [9.17, 15) is 10.0 Å². The smallest absolute Gasteiger partial charge is 0.422 e. The molecule has 2 aromatic carbocycles. The van der Waals surface area contributed by atoms with Crippen LogP contribution >= 0.6 is 0 Å². The van der Waals surface area contributed by atoms with E-state index in [0.717, 1.165) is 22.4 Å². The van der Waals surface area contributed by atoms with E-state index in [1.165, 1.54) is 0 Å². The van der Waals surface area contributed by atoms with Crippen LogP contribution in [0.15, 0.2) is 72.8 Å². The Morgan fingerprint density at radius 3 is 2.10 bits per heavy atom. The molecule has 0 aliphatic heterocycles. The first kappa shape index (κ1) is 13.6. The molecular weight excluding hydrogens is 261 g/mol. The first-order chi connectivity index (χ1) is 10.2. The molecule has 0 aliphatic carbocycles. The molecule has 0 unspecified atom stereocenters. The maximum absolute atomic E-state index is 9.22. The number of hydrogen-bond donors (Lipinski definition) is 2. The number of aromatic nitrogens is 1. The lowest BCUT2D eigenvalue weighted by Crippen LogP contribution is -2.32. The molecule has 3 aromatic rings. The second-order valence-electron chi connectivity index (χ2n) is 4.77. The number of rotatable bonds is 3. The molecule has 0 fully saturated rings. The number of pyridine rings is 1. The zero-order valence-corrected chi connectivity index (χ0v) is 11.3. The van der Waals surface area contributed by atoms with Crippen molar-refractivity contribution in [3.8, 4) is 22.4 Å². The molecule has 1 aromatic heterocycles. The topological polar surface area (TPSA) is 53.4 Å². The Bertz CT molecular complexity index is 745. The van der Waals surface area contributed by atoms with Crippen molar-refractivity contribution in [3.63, 3.8) is 0 Å². The van der Waals surface area contributed by atoms with E-state index < -0.39 is 7.12 Å². The average Bonchev–Trinajstić information content (AvgIpc) is 2.56. The van der Waals surface area contributed by atoms with Gasteiger partial charge in [0, 0.05) is 5.56 Å². The summed E-state index contributed by atoms with van der Waals surface area (Å²) in [4.78, 5) is 4.28.